The predicted octanol–water partition coefficient (Wildman–Crippen LogP) is 4.51. The van der Waals surface area contributed by atoms with Gasteiger partial charge in [0.2, 0.25) is 0 Å². The fourth-order valence-corrected chi connectivity index (χ4v) is 3.76. The van der Waals surface area contributed by atoms with Crippen molar-refractivity contribution >= 4 is 11.8 Å². The monoisotopic (exact) mass is 425 g/mol. The third-order valence-electron chi connectivity index (χ3n) is 4.41. The molecule has 2 heterocycles. The SMILES string of the molecule is Cc1occc1-c1nnc(SCC(O)COc2ccc(F)cc2)n1-c1ccccc1. The molecule has 1 atom stereocenters. The number of hydrogen-bond donors (Lipinski definition) is 1. The van der Waals surface area contributed by atoms with E-state index in [1.807, 2.05) is 47.9 Å². The molecule has 0 aliphatic rings. The lowest BCUT2D eigenvalue weighted by atomic mass is 10.2. The van der Waals surface area contributed by atoms with Gasteiger partial charge in [0.15, 0.2) is 11.0 Å². The number of hydrogen-bond acceptors (Lipinski definition) is 6. The highest BCUT2D eigenvalue weighted by Gasteiger charge is 2.19. The van der Waals surface area contributed by atoms with Crippen LogP contribution in [0.15, 0.2) is 76.5 Å². The van der Waals surface area contributed by atoms with Gasteiger partial charge in [0.05, 0.1) is 17.9 Å². The van der Waals surface area contributed by atoms with Crippen molar-refractivity contribution in [2.45, 2.75) is 18.2 Å². The van der Waals surface area contributed by atoms with Gasteiger partial charge < -0.3 is 14.3 Å². The highest BCUT2D eigenvalue weighted by Crippen LogP contribution is 2.30. The van der Waals surface area contributed by atoms with E-state index in [1.165, 1.54) is 36.0 Å². The Bertz CT molecular complexity index is 1100. The Labute approximate surface area is 177 Å². The minimum absolute atomic E-state index is 0.0891. The summed E-state index contributed by atoms with van der Waals surface area (Å²) in [5.41, 5.74) is 1.77. The third kappa shape index (κ3) is 4.55. The zero-order chi connectivity index (χ0) is 20.9. The van der Waals surface area contributed by atoms with Crippen LogP contribution in [0.2, 0.25) is 0 Å². The first-order chi connectivity index (χ1) is 14.6. The average Bonchev–Trinajstić information content (AvgIpc) is 3.38. The van der Waals surface area contributed by atoms with E-state index in [4.69, 9.17) is 9.15 Å². The summed E-state index contributed by atoms with van der Waals surface area (Å²) in [6.07, 6.45) is 0.887. The van der Waals surface area contributed by atoms with Gasteiger partial charge in [-0.3, -0.25) is 4.57 Å². The number of halogens is 1. The molecule has 0 fully saturated rings. The number of aliphatic hydroxyl groups is 1. The minimum atomic E-state index is -0.736. The molecule has 1 unspecified atom stereocenters. The fraction of sp³-hybridized carbons (Fsp3) is 0.182. The van der Waals surface area contributed by atoms with Crippen molar-refractivity contribution < 1.29 is 18.7 Å². The van der Waals surface area contributed by atoms with Crippen LogP contribution in [-0.2, 0) is 0 Å². The molecule has 0 bridgehead atoms. The summed E-state index contributed by atoms with van der Waals surface area (Å²) < 4.78 is 25.9. The molecule has 0 aliphatic carbocycles. The molecule has 0 radical (unpaired) electrons. The van der Waals surface area contributed by atoms with Crippen molar-refractivity contribution in [3.63, 3.8) is 0 Å². The summed E-state index contributed by atoms with van der Waals surface area (Å²) in [6.45, 7) is 1.97. The number of furan rings is 1. The number of rotatable bonds is 8. The van der Waals surface area contributed by atoms with Gasteiger partial charge in [0, 0.05) is 11.4 Å². The Morgan fingerprint density at radius 3 is 2.57 bits per heavy atom. The molecule has 0 saturated heterocycles. The van der Waals surface area contributed by atoms with Crippen molar-refractivity contribution in [2.24, 2.45) is 0 Å². The van der Waals surface area contributed by atoms with E-state index in [0.717, 1.165) is 17.0 Å². The number of ether oxygens (including phenoxy) is 1. The fourth-order valence-electron chi connectivity index (χ4n) is 2.91. The molecule has 0 aliphatic heterocycles. The van der Waals surface area contributed by atoms with Gasteiger partial charge in [-0.25, -0.2) is 4.39 Å². The van der Waals surface area contributed by atoms with Gasteiger partial charge in [-0.15, -0.1) is 10.2 Å². The van der Waals surface area contributed by atoms with E-state index < -0.39 is 6.10 Å². The van der Waals surface area contributed by atoms with E-state index in [0.29, 0.717) is 22.5 Å². The molecule has 1 N–H and O–H groups in total. The van der Waals surface area contributed by atoms with Gasteiger partial charge >= 0.3 is 0 Å². The smallest absolute Gasteiger partial charge is 0.196 e. The molecular formula is C22H20FN3O3S. The van der Waals surface area contributed by atoms with Crippen LogP contribution < -0.4 is 4.74 Å². The normalized spacial score (nSPS) is 12.1. The van der Waals surface area contributed by atoms with Crippen LogP contribution in [0.4, 0.5) is 4.39 Å². The maximum atomic E-state index is 13.0. The van der Waals surface area contributed by atoms with E-state index >= 15 is 0 Å². The predicted molar refractivity (Wildman–Crippen MR) is 112 cm³/mol. The van der Waals surface area contributed by atoms with Crippen LogP contribution >= 0.6 is 11.8 Å². The van der Waals surface area contributed by atoms with Gasteiger partial charge in [0.25, 0.3) is 0 Å². The molecule has 0 spiro atoms. The van der Waals surface area contributed by atoms with E-state index in [1.54, 1.807) is 6.26 Å². The molecule has 8 heteroatoms. The molecule has 30 heavy (non-hydrogen) atoms. The number of thioether (sulfide) groups is 1. The zero-order valence-electron chi connectivity index (χ0n) is 16.2. The van der Waals surface area contributed by atoms with Crippen molar-refractivity contribution in [3.05, 3.63) is 78.5 Å². The molecule has 2 aromatic carbocycles. The highest BCUT2D eigenvalue weighted by molar-refractivity contribution is 7.99. The number of aliphatic hydroxyl groups excluding tert-OH is 1. The molecule has 6 nitrogen and oxygen atoms in total. The molecule has 2 aromatic heterocycles. The highest BCUT2D eigenvalue weighted by atomic mass is 32.2. The standard InChI is InChI=1S/C22H20FN3O3S/c1-15-20(11-12-28-15)21-24-25-22(26(21)17-5-3-2-4-6-17)30-14-18(27)13-29-19-9-7-16(23)8-10-19/h2-12,18,27H,13-14H2,1H3. The molecule has 154 valence electrons. The maximum absolute atomic E-state index is 13.0. The lowest BCUT2D eigenvalue weighted by Gasteiger charge is -2.13. The number of aromatic nitrogens is 3. The van der Waals surface area contributed by atoms with Crippen molar-refractivity contribution in [1.29, 1.82) is 0 Å². The molecular weight excluding hydrogens is 405 g/mol. The van der Waals surface area contributed by atoms with E-state index in [9.17, 15) is 9.50 Å². The van der Waals surface area contributed by atoms with Crippen molar-refractivity contribution in [1.82, 2.24) is 14.8 Å². The van der Waals surface area contributed by atoms with Crippen LogP contribution in [0, 0.1) is 12.7 Å². The molecule has 0 amide bonds. The van der Waals surface area contributed by atoms with Crippen LogP contribution in [0.1, 0.15) is 5.76 Å². The molecule has 4 aromatic rings. The Morgan fingerprint density at radius 2 is 1.87 bits per heavy atom. The second-order valence-corrected chi connectivity index (χ2v) is 7.58. The number of para-hydroxylation sites is 1. The van der Waals surface area contributed by atoms with Gasteiger partial charge in [-0.2, -0.15) is 0 Å². The van der Waals surface area contributed by atoms with E-state index in [-0.39, 0.29) is 12.4 Å². The second-order valence-electron chi connectivity index (χ2n) is 6.60. The van der Waals surface area contributed by atoms with Gasteiger partial charge in [-0.1, -0.05) is 30.0 Å². The quantitative estimate of drug-likeness (QED) is 0.419. The number of nitrogens with zero attached hydrogens (tertiary/aromatic N) is 3. The number of benzene rings is 2. The Morgan fingerprint density at radius 1 is 1.10 bits per heavy atom. The Hall–Kier alpha value is -3.10. The largest absolute Gasteiger partial charge is 0.491 e. The van der Waals surface area contributed by atoms with Crippen LogP contribution in [0.5, 0.6) is 5.75 Å². The lowest BCUT2D eigenvalue weighted by molar-refractivity contribution is 0.126. The summed E-state index contributed by atoms with van der Waals surface area (Å²) in [5, 5.41) is 19.7. The summed E-state index contributed by atoms with van der Waals surface area (Å²) in [5.74, 6) is 1.96. The van der Waals surface area contributed by atoms with Crippen LogP contribution in [-0.4, -0.2) is 38.3 Å². The lowest BCUT2D eigenvalue weighted by Crippen LogP contribution is -2.20. The number of aryl methyl sites for hydroxylation is 1. The zero-order valence-corrected chi connectivity index (χ0v) is 17.1. The van der Waals surface area contributed by atoms with E-state index in [2.05, 4.69) is 10.2 Å². The first kappa shape index (κ1) is 20.2. The Balaban J connectivity index is 1.49. The first-order valence-corrected chi connectivity index (χ1v) is 10.3. The topological polar surface area (TPSA) is 73.3 Å². The van der Waals surface area contributed by atoms with Crippen molar-refractivity contribution in [2.75, 3.05) is 12.4 Å². The van der Waals surface area contributed by atoms with Gasteiger partial charge in [-0.05, 0) is 49.4 Å². The summed E-state index contributed by atoms with van der Waals surface area (Å²) in [4.78, 5) is 0. The summed E-state index contributed by atoms with van der Waals surface area (Å²) >= 11 is 1.38. The van der Waals surface area contributed by atoms with Crippen LogP contribution in [0.3, 0.4) is 0 Å². The average molecular weight is 425 g/mol. The summed E-state index contributed by atoms with van der Waals surface area (Å²) in [7, 11) is 0. The minimum Gasteiger partial charge on any atom is -0.491 e. The second kappa shape index (κ2) is 9.15. The molecule has 4 rings (SSSR count). The third-order valence-corrected chi connectivity index (χ3v) is 5.48. The maximum Gasteiger partial charge on any atom is 0.196 e. The summed E-state index contributed by atoms with van der Waals surface area (Å²) in [6, 6.07) is 17.3. The van der Waals surface area contributed by atoms with Crippen molar-refractivity contribution in [3.8, 4) is 22.8 Å². The van der Waals surface area contributed by atoms with Gasteiger partial charge in [0.1, 0.15) is 23.9 Å². The first-order valence-electron chi connectivity index (χ1n) is 9.36. The Kier molecular flexibility index (Phi) is 6.15. The van der Waals surface area contributed by atoms with Crippen LogP contribution in [0.25, 0.3) is 17.1 Å². The molecule has 0 saturated carbocycles.